The first-order chi connectivity index (χ1) is 10.2. The molecule has 0 spiro atoms. The molecule has 0 aliphatic carbocycles. The normalized spacial score (nSPS) is 11.2. The van der Waals surface area contributed by atoms with Gasteiger partial charge in [0.1, 0.15) is 17.8 Å². The van der Waals surface area contributed by atoms with Crippen LogP contribution in [0.3, 0.4) is 0 Å². The van der Waals surface area contributed by atoms with E-state index in [9.17, 15) is 10.2 Å². The van der Waals surface area contributed by atoms with Crippen LogP contribution in [0.1, 0.15) is 0 Å². The Balaban J connectivity index is 2.23. The number of benzene rings is 2. The summed E-state index contributed by atoms with van der Waals surface area (Å²) in [4.78, 5) is 0. The van der Waals surface area contributed by atoms with Crippen molar-refractivity contribution in [3.05, 3.63) is 55.0 Å². The number of hydrogen-bond acceptors (Lipinski definition) is 4. The van der Waals surface area contributed by atoms with E-state index in [-0.39, 0.29) is 11.5 Å². The molecule has 0 bridgehead atoms. The van der Waals surface area contributed by atoms with Gasteiger partial charge in [-0.2, -0.15) is 0 Å². The summed E-state index contributed by atoms with van der Waals surface area (Å²) in [6, 6.07) is 12.7. The Morgan fingerprint density at radius 2 is 1.81 bits per heavy atom. The maximum absolute atomic E-state index is 10.3. The van der Waals surface area contributed by atoms with Crippen LogP contribution in [0.5, 0.6) is 11.5 Å². The third-order valence-corrected chi connectivity index (χ3v) is 3.54. The van der Waals surface area contributed by atoms with Crippen molar-refractivity contribution in [2.75, 3.05) is 0 Å². The zero-order chi connectivity index (χ0) is 14.4. The molecular formula is C16H11N3O2. The number of hydrogen-bond donors (Lipinski definition) is 2. The van der Waals surface area contributed by atoms with Gasteiger partial charge in [-0.15, -0.1) is 10.2 Å². The smallest absolute Gasteiger partial charge is 0.168 e. The van der Waals surface area contributed by atoms with E-state index in [1.807, 2.05) is 36.5 Å². The van der Waals surface area contributed by atoms with Crippen LogP contribution in [0.4, 0.5) is 0 Å². The Kier molecular flexibility index (Phi) is 2.35. The van der Waals surface area contributed by atoms with Crippen LogP contribution in [0, 0.1) is 0 Å². The second kappa shape index (κ2) is 4.21. The van der Waals surface area contributed by atoms with Gasteiger partial charge >= 0.3 is 0 Å². The van der Waals surface area contributed by atoms with Gasteiger partial charge in [-0.3, -0.25) is 4.40 Å². The van der Waals surface area contributed by atoms with E-state index < -0.39 is 0 Å². The molecule has 0 radical (unpaired) electrons. The number of aromatic nitrogens is 3. The standard InChI is InChI=1S/C16H11N3O2/c20-11-6-12-15(14(21)7-11)13(10-4-2-1-3-5-10)8-19-9-17-18-16(12)19/h1-9,20-21H. The summed E-state index contributed by atoms with van der Waals surface area (Å²) in [5.41, 5.74) is 2.42. The topological polar surface area (TPSA) is 70.7 Å². The number of pyridine rings is 1. The Morgan fingerprint density at radius 3 is 2.62 bits per heavy atom. The Labute approximate surface area is 119 Å². The lowest BCUT2D eigenvalue weighted by atomic mass is 9.99. The molecule has 2 heterocycles. The lowest BCUT2D eigenvalue weighted by molar-refractivity contribution is 0.455. The molecule has 21 heavy (non-hydrogen) atoms. The van der Waals surface area contributed by atoms with Crippen LogP contribution in [-0.4, -0.2) is 24.8 Å². The Hall–Kier alpha value is -3.08. The number of fused-ring (bicyclic) bond motifs is 3. The number of phenols is 2. The molecule has 0 aliphatic rings. The molecule has 2 aromatic heterocycles. The van der Waals surface area contributed by atoms with Crippen molar-refractivity contribution in [2.45, 2.75) is 0 Å². The van der Waals surface area contributed by atoms with E-state index in [4.69, 9.17) is 0 Å². The fourth-order valence-corrected chi connectivity index (χ4v) is 2.64. The highest BCUT2D eigenvalue weighted by molar-refractivity contribution is 6.07. The minimum absolute atomic E-state index is 0.00453. The van der Waals surface area contributed by atoms with Crippen molar-refractivity contribution >= 4 is 16.4 Å². The third-order valence-electron chi connectivity index (χ3n) is 3.54. The third kappa shape index (κ3) is 1.71. The van der Waals surface area contributed by atoms with Gasteiger partial charge in [0.25, 0.3) is 0 Å². The molecule has 2 N–H and O–H groups in total. The van der Waals surface area contributed by atoms with Crippen LogP contribution < -0.4 is 0 Å². The maximum atomic E-state index is 10.3. The number of phenolic OH excluding ortho intramolecular Hbond substituents is 2. The highest BCUT2D eigenvalue weighted by Gasteiger charge is 2.14. The molecule has 0 aliphatic heterocycles. The maximum Gasteiger partial charge on any atom is 0.168 e. The van der Waals surface area contributed by atoms with Crippen molar-refractivity contribution in [3.8, 4) is 22.6 Å². The number of rotatable bonds is 1. The fourth-order valence-electron chi connectivity index (χ4n) is 2.64. The predicted octanol–water partition coefficient (Wildman–Crippen LogP) is 2.96. The van der Waals surface area contributed by atoms with Crippen LogP contribution >= 0.6 is 0 Å². The van der Waals surface area contributed by atoms with E-state index in [0.29, 0.717) is 16.4 Å². The van der Waals surface area contributed by atoms with Crippen LogP contribution in [0.25, 0.3) is 27.5 Å². The van der Waals surface area contributed by atoms with Gasteiger partial charge in [0.2, 0.25) is 0 Å². The molecule has 0 amide bonds. The summed E-state index contributed by atoms with van der Waals surface area (Å²) in [6.45, 7) is 0. The van der Waals surface area contributed by atoms with Crippen molar-refractivity contribution in [2.24, 2.45) is 0 Å². The molecule has 4 aromatic rings. The van der Waals surface area contributed by atoms with Gasteiger partial charge in [-0.05, 0) is 11.6 Å². The van der Waals surface area contributed by atoms with Crippen molar-refractivity contribution in [1.29, 1.82) is 0 Å². The van der Waals surface area contributed by atoms with Gasteiger partial charge in [-0.1, -0.05) is 30.3 Å². The summed E-state index contributed by atoms with van der Waals surface area (Å²) in [7, 11) is 0. The van der Waals surface area contributed by atoms with Crippen molar-refractivity contribution < 1.29 is 10.2 Å². The Morgan fingerprint density at radius 1 is 1.00 bits per heavy atom. The zero-order valence-corrected chi connectivity index (χ0v) is 10.9. The van der Waals surface area contributed by atoms with E-state index in [1.165, 1.54) is 6.07 Å². The van der Waals surface area contributed by atoms with Crippen LogP contribution in [0.2, 0.25) is 0 Å². The van der Waals surface area contributed by atoms with E-state index >= 15 is 0 Å². The fraction of sp³-hybridized carbons (Fsp3) is 0. The second-order valence-electron chi connectivity index (χ2n) is 4.86. The molecule has 4 rings (SSSR count). The van der Waals surface area contributed by atoms with Gasteiger partial charge in [-0.25, -0.2) is 0 Å². The quantitative estimate of drug-likeness (QED) is 0.561. The molecule has 5 nitrogen and oxygen atoms in total. The van der Waals surface area contributed by atoms with Crippen molar-refractivity contribution in [3.63, 3.8) is 0 Å². The summed E-state index contributed by atoms with van der Waals surface area (Å²) >= 11 is 0. The number of aromatic hydroxyl groups is 2. The molecule has 0 unspecified atom stereocenters. The second-order valence-corrected chi connectivity index (χ2v) is 4.86. The monoisotopic (exact) mass is 277 g/mol. The molecular weight excluding hydrogens is 266 g/mol. The SMILES string of the molecule is Oc1cc(O)c2c(-c3ccccc3)cn3cnnc3c2c1. The molecule has 0 saturated carbocycles. The largest absolute Gasteiger partial charge is 0.508 e. The van der Waals surface area contributed by atoms with E-state index in [2.05, 4.69) is 10.2 Å². The molecule has 102 valence electrons. The molecule has 0 fully saturated rings. The van der Waals surface area contributed by atoms with Gasteiger partial charge < -0.3 is 10.2 Å². The van der Waals surface area contributed by atoms with Gasteiger partial charge in [0, 0.05) is 28.6 Å². The lowest BCUT2D eigenvalue weighted by Crippen LogP contribution is -1.90. The summed E-state index contributed by atoms with van der Waals surface area (Å²) in [5.74, 6) is 0.0180. The summed E-state index contributed by atoms with van der Waals surface area (Å²) in [6.07, 6.45) is 3.48. The van der Waals surface area contributed by atoms with Crippen LogP contribution in [-0.2, 0) is 0 Å². The summed E-state index contributed by atoms with van der Waals surface area (Å²) < 4.78 is 1.78. The van der Waals surface area contributed by atoms with Gasteiger partial charge in [0.15, 0.2) is 5.65 Å². The lowest BCUT2D eigenvalue weighted by Gasteiger charge is -2.10. The van der Waals surface area contributed by atoms with E-state index in [0.717, 1.165) is 11.1 Å². The predicted molar refractivity (Wildman–Crippen MR) is 79.3 cm³/mol. The molecule has 0 atom stereocenters. The minimum Gasteiger partial charge on any atom is -0.508 e. The number of nitrogens with zero attached hydrogens (tertiary/aromatic N) is 3. The van der Waals surface area contributed by atoms with Gasteiger partial charge in [0.05, 0.1) is 0 Å². The highest BCUT2D eigenvalue weighted by Crippen LogP contribution is 2.38. The molecule has 2 aromatic carbocycles. The summed E-state index contributed by atoms with van der Waals surface area (Å²) in [5, 5.41) is 29.3. The average molecular weight is 277 g/mol. The minimum atomic E-state index is -0.00453. The molecule has 5 heteroatoms. The highest BCUT2D eigenvalue weighted by atomic mass is 16.3. The van der Waals surface area contributed by atoms with E-state index in [1.54, 1.807) is 16.8 Å². The molecule has 0 saturated heterocycles. The first kappa shape index (κ1) is 11.7. The Bertz CT molecular complexity index is 962. The van der Waals surface area contributed by atoms with Crippen molar-refractivity contribution in [1.82, 2.24) is 14.6 Å². The first-order valence-electron chi connectivity index (χ1n) is 6.47. The average Bonchev–Trinajstić information content (AvgIpc) is 2.95. The first-order valence-corrected chi connectivity index (χ1v) is 6.47. The van der Waals surface area contributed by atoms with Crippen LogP contribution in [0.15, 0.2) is 55.0 Å². The zero-order valence-electron chi connectivity index (χ0n) is 10.9.